The first-order valence-electron chi connectivity index (χ1n) is 7.30. The van der Waals surface area contributed by atoms with Gasteiger partial charge in [0.15, 0.2) is 5.76 Å². The van der Waals surface area contributed by atoms with Gasteiger partial charge in [0.05, 0.1) is 24.7 Å². The number of fused-ring (bicyclic) bond motifs is 1. The number of aryl methyl sites for hydroxylation is 1. The Morgan fingerprint density at radius 3 is 2.95 bits per heavy atom. The van der Waals surface area contributed by atoms with Crippen molar-refractivity contribution in [2.75, 3.05) is 6.54 Å². The van der Waals surface area contributed by atoms with Crippen molar-refractivity contribution in [3.8, 4) is 0 Å². The van der Waals surface area contributed by atoms with E-state index in [0.29, 0.717) is 18.8 Å². The molecule has 3 aromatic heterocycles. The van der Waals surface area contributed by atoms with Crippen molar-refractivity contribution in [1.82, 2.24) is 24.9 Å². The first kappa shape index (κ1) is 14.4. The number of carbonyl (C=O) groups is 1. The van der Waals surface area contributed by atoms with Gasteiger partial charge in [-0.25, -0.2) is 0 Å². The van der Waals surface area contributed by atoms with Crippen LogP contribution >= 0.6 is 0 Å². The van der Waals surface area contributed by atoms with E-state index in [9.17, 15) is 4.79 Å². The Labute approximate surface area is 127 Å². The van der Waals surface area contributed by atoms with Crippen molar-refractivity contribution < 1.29 is 9.21 Å². The quantitative estimate of drug-likeness (QED) is 0.783. The minimum atomic E-state index is -0.219. The lowest BCUT2D eigenvalue weighted by Gasteiger charge is -2.04. The highest BCUT2D eigenvalue weighted by atomic mass is 16.3. The number of amides is 1. The van der Waals surface area contributed by atoms with Crippen molar-refractivity contribution in [2.24, 2.45) is 0 Å². The fourth-order valence-electron chi connectivity index (χ4n) is 2.51. The van der Waals surface area contributed by atoms with Crippen molar-refractivity contribution in [3.63, 3.8) is 0 Å². The van der Waals surface area contributed by atoms with Gasteiger partial charge in [-0.05, 0) is 32.9 Å². The molecular formula is C15H19N5O2. The molecular weight excluding hydrogens is 282 g/mol. The number of hydrogen-bond donors (Lipinski definition) is 1. The molecule has 0 saturated heterocycles. The number of hydrogen-bond acceptors (Lipinski definition) is 4. The zero-order valence-corrected chi connectivity index (χ0v) is 12.9. The van der Waals surface area contributed by atoms with Crippen LogP contribution in [0.25, 0.3) is 11.0 Å². The average Bonchev–Trinajstić information content (AvgIpc) is 3.18. The summed E-state index contributed by atoms with van der Waals surface area (Å²) < 4.78 is 8.90. The molecule has 22 heavy (non-hydrogen) atoms. The molecule has 3 aromatic rings. The summed E-state index contributed by atoms with van der Waals surface area (Å²) in [6, 6.07) is 3.61. The molecule has 0 aliphatic rings. The van der Waals surface area contributed by atoms with Crippen LogP contribution in [-0.2, 0) is 6.54 Å². The van der Waals surface area contributed by atoms with Gasteiger partial charge in [0.2, 0.25) is 0 Å². The Bertz CT molecular complexity index is 782. The number of aromatic nitrogens is 4. The second kappa shape index (κ2) is 5.67. The Morgan fingerprint density at radius 1 is 1.45 bits per heavy atom. The minimum absolute atomic E-state index is 0.219. The van der Waals surface area contributed by atoms with Gasteiger partial charge in [-0.3, -0.25) is 14.2 Å². The zero-order chi connectivity index (χ0) is 15.7. The average molecular weight is 301 g/mol. The lowest BCUT2D eigenvalue weighted by molar-refractivity contribution is 0.0924. The molecule has 0 aliphatic heterocycles. The molecule has 1 N–H and O–H groups in total. The predicted octanol–water partition coefficient (Wildman–Crippen LogP) is 2.15. The van der Waals surface area contributed by atoms with Gasteiger partial charge in [0.1, 0.15) is 11.0 Å². The number of nitrogens with zero attached hydrogens (tertiary/aromatic N) is 4. The third kappa shape index (κ3) is 2.49. The SMILES string of the molecule is Cc1nn(C(C)C)c2cnn(CCNC(=O)c3ccco3)c12. The maximum Gasteiger partial charge on any atom is 0.287 e. The van der Waals surface area contributed by atoms with Crippen LogP contribution in [0.1, 0.15) is 36.1 Å². The van der Waals surface area contributed by atoms with Crippen LogP contribution in [-0.4, -0.2) is 32.0 Å². The van der Waals surface area contributed by atoms with Crippen LogP contribution in [0.4, 0.5) is 0 Å². The van der Waals surface area contributed by atoms with E-state index in [1.807, 2.05) is 22.5 Å². The predicted molar refractivity (Wildman–Crippen MR) is 81.7 cm³/mol. The number of rotatable bonds is 5. The van der Waals surface area contributed by atoms with Crippen LogP contribution in [0.5, 0.6) is 0 Å². The van der Waals surface area contributed by atoms with Gasteiger partial charge in [-0.15, -0.1) is 0 Å². The summed E-state index contributed by atoms with van der Waals surface area (Å²) in [7, 11) is 0. The van der Waals surface area contributed by atoms with Gasteiger partial charge in [-0.2, -0.15) is 10.2 Å². The summed E-state index contributed by atoms with van der Waals surface area (Å²) >= 11 is 0. The molecule has 7 nitrogen and oxygen atoms in total. The van der Waals surface area contributed by atoms with Gasteiger partial charge >= 0.3 is 0 Å². The van der Waals surface area contributed by atoms with E-state index >= 15 is 0 Å². The van der Waals surface area contributed by atoms with Crippen molar-refractivity contribution >= 4 is 16.9 Å². The van der Waals surface area contributed by atoms with Crippen molar-refractivity contribution in [2.45, 2.75) is 33.4 Å². The highest BCUT2D eigenvalue weighted by molar-refractivity contribution is 5.91. The molecule has 7 heteroatoms. The zero-order valence-electron chi connectivity index (χ0n) is 12.9. The molecule has 0 spiro atoms. The Morgan fingerprint density at radius 2 is 2.27 bits per heavy atom. The Hall–Kier alpha value is -2.57. The maximum atomic E-state index is 11.8. The molecule has 0 radical (unpaired) electrons. The topological polar surface area (TPSA) is 77.9 Å². The molecule has 0 saturated carbocycles. The van der Waals surface area contributed by atoms with E-state index in [-0.39, 0.29) is 11.9 Å². The molecule has 0 bridgehead atoms. The second-order valence-electron chi connectivity index (χ2n) is 5.46. The number of furan rings is 1. The summed E-state index contributed by atoms with van der Waals surface area (Å²) in [5.41, 5.74) is 2.98. The van der Waals surface area contributed by atoms with Gasteiger partial charge in [0.25, 0.3) is 5.91 Å². The molecule has 3 rings (SSSR count). The van der Waals surface area contributed by atoms with Crippen LogP contribution < -0.4 is 5.32 Å². The third-order valence-corrected chi connectivity index (χ3v) is 3.51. The van der Waals surface area contributed by atoms with Crippen LogP contribution in [0.2, 0.25) is 0 Å². The van der Waals surface area contributed by atoms with Crippen LogP contribution in [0.3, 0.4) is 0 Å². The van der Waals surface area contributed by atoms with Crippen LogP contribution in [0, 0.1) is 6.92 Å². The van der Waals surface area contributed by atoms with E-state index in [2.05, 4.69) is 29.4 Å². The molecule has 0 atom stereocenters. The Balaban J connectivity index is 1.71. The smallest absolute Gasteiger partial charge is 0.287 e. The van der Waals surface area contributed by atoms with Gasteiger partial charge in [0, 0.05) is 12.6 Å². The molecule has 0 aliphatic carbocycles. The Kier molecular flexibility index (Phi) is 3.70. The maximum absolute atomic E-state index is 11.8. The largest absolute Gasteiger partial charge is 0.459 e. The normalized spacial score (nSPS) is 11.5. The molecule has 3 heterocycles. The number of nitrogens with one attached hydrogen (secondary N) is 1. The van der Waals surface area contributed by atoms with E-state index in [0.717, 1.165) is 16.7 Å². The highest BCUT2D eigenvalue weighted by Gasteiger charge is 2.15. The van der Waals surface area contributed by atoms with E-state index < -0.39 is 0 Å². The number of carbonyl (C=O) groups excluding carboxylic acids is 1. The fraction of sp³-hybridized carbons (Fsp3) is 0.400. The third-order valence-electron chi connectivity index (χ3n) is 3.51. The summed E-state index contributed by atoms with van der Waals surface area (Å²) in [6.07, 6.45) is 3.30. The summed E-state index contributed by atoms with van der Waals surface area (Å²) in [5, 5.41) is 11.8. The van der Waals surface area contributed by atoms with E-state index in [1.165, 1.54) is 6.26 Å². The fourth-order valence-corrected chi connectivity index (χ4v) is 2.51. The van der Waals surface area contributed by atoms with Crippen LogP contribution in [0.15, 0.2) is 29.0 Å². The van der Waals surface area contributed by atoms with Gasteiger partial charge in [-0.1, -0.05) is 0 Å². The molecule has 0 aromatic carbocycles. The van der Waals surface area contributed by atoms with E-state index in [4.69, 9.17) is 4.42 Å². The first-order valence-corrected chi connectivity index (χ1v) is 7.30. The van der Waals surface area contributed by atoms with Gasteiger partial charge < -0.3 is 9.73 Å². The summed E-state index contributed by atoms with van der Waals surface area (Å²) in [5.74, 6) is 0.0948. The molecule has 0 unspecified atom stereocenters. The van der Waals surface area contributed by atoms with Crippen molar-refractivity contribution in [3.05, 3.63) is 36.0 Å². The lowest BCUT2D eigenvalue weighted by atomic mass is 10.3. The van der Waals surface area contributed by atoms with Crippen molar-refractivity contribution in [1.29, 1.82) is 0 Å². The monoisotopic (exact) mass is 301 g/mol. The minimum Gasteiger partial charge on any atom is -0.459 e. The second-order valence-corrected chi connectivity index (χ2v) is 5.46. The molecule has 0 fully saturated rings. The summed E-state index contributed by atoms with van der Waals surface area (Å²) in [6.45, 7) is 7.21. The molecule has 1 amide bonds. The highest BCUT2D eigenvalue weighted by Crippen LogP contribution is 2.20. The summed E-state index contributed by atoms with van der Waals surface area (Å²) in [4.78, 5) is 11.8. The standard InChI is InChI=1S/C15H19N5O2/c1-10(2)20-12-9-17-19(14(12)11(3)18-20)7-6-16-15(21)13-5-4-8-22-13/h4-5,8-10H,6-7H2,1-3H3,(H,16,21). The lowest BCUT2D eigenvalue weighted by Crippen LogP contribution is -2.27. The molecule has 116 valence electrons. The van der Waals surface area contributed by atoms with E-state index in [1.54, 1.807) is 12.1 Å². The first-order chi connectivity index (χ1) is 10.6.